The maximum atomic E-state index is 13.4. The summed E-state index contributed by atoms with van der Waals surface area (Å²) < 4.78 is 26.5. The van der Waals surface area contributed by atoms with E-state index in [-0.39, 0.29) is 19.0 Å². The van der Waals surface area contributed by atoms with Gasteiger partial charge in [0.1, 0.15) is 0 Å². The molecule has 3 rings (SSSR count). The van der Waals surface area contributed by atoms with Crippen LogP contribution in [-0.2, 0) is 17.9 Å². The van der Waals surface area contributed by atoms with Gasteiger partial charge < -0.3 is 10.0 Å². The average molecular weight is 375 g/mol. The van der Waals surface area contributed by atoms with Gasteiger partial charge in [-0.2, -0.15) is 0 Å². The third kappa shape index (κ3) is 4.67. The van der Waals surface area contributed by atoms with Crippen LogP contribution in [0.15, 0.2) is 42.6 Å². The van der Waals surface area contributed by atoms with E-state index in [4.69, 9.17) is 0 Å². The van der Waals surface area contributed by atoms with E-state index in [0.29, 0.717) is 31.5 Å². The van der Waals surface area contributed by atoms with E-state index >= 15 is 0 Å². The van der Waals surface area contributed by atoms with Crippen molar-refractivity contribution < 1.29 is 18.7 Å². The number of halogens is 2. The molecule has 0 spiro atoms. The van der Waals surface area contributed by atoms with Crippen LogP contribution in [0.2, 0.25) is 0 Å². The molecule has 1 aromatic carbocycles. The highest BCUT2D eigenvalue weighted by Crippen LogP contribution is 2.26. The van der Waals surface area contributed by atoms with Crippen LogP contribution in [0, 0.1) is 11.6 Å². The lowest BCUT2D eigenvalue weighted by Crippen LogP contribution is -2.57. The second-order valence-corrected chi connectivity index (χ2v) is 7.10. The minimum absolute atomic E-state index is 0.141. The second-order valence-electron chi connectivity index (χ2n) is 7.10. The Kier molecular flexibility index (Phi) is 5.82. The lowest BCUT2D eigenvalue weighted by atomic mass is 9.90. The van der Waals surface area contributed by atoms with Crippen LogP contribution in [0.3, 0.4) is 0 Å². The number of benzene rings is 1. The SMILES string of the molecule is CN(Cc1ccccn1)CC1(O)CCCN(Cc2ccc(F)c(F)c2)C1=O. The second kappa shape index (κ2) is 8.10. The molecule has 1 aromatic heterocycles. The number of rotatable bonds is 6. The lowest BCUT2D eigenvalue weighted by molar-refractivity contribution is -0.160. The van der Waals surface area contributed by atoms with Crippen molar-refractivity contribution in [1.82, 2.24) is 14.8 Å². The molecule has 1 aliphatic heterocycles. The molecule has 0 radical (unpaired) electrons. The van der Waals surface area contributed by atoms with Crippen LogP contribution >= 0.6 is 0 Å². The largest absolute Gasteiger partial charge is 0.379 e. The zero-order valence-corrected chi connectivity index (χ0v) is 15.2. The number of amides is 1. The quantitative estimate of drug-likeness (QED) is 0.842. The van der Waals surface area contributed by atoms with Crippen molar-refractivity contribution >= 4 is 5.91 Å². The number of likely N-dealkylation sites (N-methyl/N-ethyl adjacent to an activating group) is 1. The fourth-order valence-electron chi connectivity index (χ4n) is 3.49. The number of pyridine rings is 1. The van der Waals surface area contributed by atoms with E-state index in [2.05, 4.69) is 4.98 Å². The van der Waals surface area contributed by atoms with Crippen molar-refractivity contribution in [2.75, 3.05) is 20.1 Å². The lowest BCUT2D eigenvalue weighted by Gasteiger charge is -2.40. The number of hydrogen-bond acceptors (Lipinski definition) is 4. The summed E-state index contributed by atoms with van der Waals surface area (Å²) in [4.78, 5) is 20.5. The molecule has 1 unspecified atom stereocenters. The monoisotopic (exact) mass is 375 g/mol. The van der Waals surface area contributed by atoms with Gasteiger partial charge in [0.15, 0.2) is 17.2 Å². The summed E-state index contributed by atoms with van der Waals surface area (Å²) in [7, 11) is 1.83. The Bertz CT molecular complexity index is 803. The maximum absolute atomic E-state index is 13.4. The summed E-state index contributed by atoms with van der Waals surface area (Å²) in [6.45, 7) is 1.31. The normalized spacial score (nSPS) is 20.3. The topological polar surface area (TPSA) is 56.7 Å². The molecule has 27 heavy (non-hydrogen) atoms. The number of carbonyl (C=O) groups excluding carboxylic acids is 1. The van der Waals surface area contributed by atoms with Gasteiger partial charge in [0.2, 0.25) is 0 Å². The molecule has 1 aliphatic rings. The molecular formula is C20H23F2N3O2. The van der Waals surface area contributed by atoms with E-state index < -0.39 is 17.2 Å². The first-order valence-electron chi connectivity index (χ1n) is 8.91. The smallest absolute Gasteiger partial charge is 0.256 e. The van der Waals surface area contributed by atoms with Gasteiger partial charge in [0.25, 0.3) is 5.91 Å². The highest BCUT2D eigenvalue weighted by Gasteiger charge is 2.42. The Balaban J connectivity index is 1.66. The molecule has 2 heterocycles. The van der Waals surface area contributed by atoms with Gasteiger partial charge in [-0.25, -0.2) is 8.78 Å². The zero-order valence-electron chi connectivity index (χ0n) is 15.2. The fourth-order valence-corrected chi connectivity index (χ4v) is 3.49. The molecule has 1 amide bonds. The first-order valence-corrected chi connectivity index (χ1v) is 8.91. The Morgan fingerprint density at radius 1 is 1.26 bits per heavy atom. The van der Waals surface area contributed by atoms with Gasteiger partial charge in [-0.05, 0) is 49.7 Å². The van der Waals surface area contributed by atoms with Gasteiger partial charge in [0, 0.05) is 32.4 Å². The van der Waals surface area contributed by atoms with Crippen molar-refractivity contribution in [1.29, 1.82) is 0 Å². The summed E-state index contributed by atoms with van der Waals surface area (Å²) in [6, 6.07) is 9.19. The number of nitrogens with zero attached hydrogens (tertiary/aromatic N) is 3. The molecule has 2 aromatic rings. The summed E-state index contributed by atoms with van der Waals surface area (Å²) in [5.41, 5.74) is -0.153. The van der Waals surface area contributed by atoms with E-state index in [0.717, 1.165) is 17.8 Å². The minimum Gasteiger partial charge on any atom is -0.379 e. The zero-order chi connectivity index (χ0) is 19.4. The molecular weight excluding hydrogens is 352 g/mol. The number of aromatic nitrogens is 1. The molecule has 1 fully saturated rings. The first-order chi connectivity index (χ1) is 12.9. The summed E-state index contributed by atoms with van der Waals surface area (Å²) in [6.07, 6.45) is 2.71. The fraction of sp³-hybridized carbons (Fsp3) is 0.400. The van der Waals surface area contributed by atoms with Crippen LogP contribution in [0.1, 0.15) is 24.1 Å². The predicted molar refractivity (Wildman–Crippen MR) is 96.5 cm³/mol. The van der Waals surface area contributed by atoms with E-state index in [1.54, 1.807) is 6.20 Å². The third-order valence-corrected chi connectivity index (χ3v) is 4.75. The van der Waals surface area contributed by atoms with Crippen LogP contribution in [0.25, 0.3) is 0 Å². The Labute approximate surface area is 157 Å². The van der Waals surface area contributed by atoms with Gasteiger partial charge in [-0.3, -0.25) is 14.7 Å². The van der Waals surface area contributed by atoms with Gasteiger partial charge in [-0.15, -0.1) is 0 Å². The maximum Gasteiger partial charge on any atom is 0.256 e. The molecule has 7 heteroatoms. The molecule has 1 saturated heterocycles. The van der Waals surface area contributed by atoms with Crippen molar-refractivity contribution in [3.8, 4) is 0 Å². The van der Waals surface area contributed by atoms with Crippen molar-refractivity contribution in [2.45, 2.75) is 31.5 Å². The molecule has 0 saturated carbocycles. The van der Waals surface area contributed by atoms with Crippen molar-refractivity contribution in [2.24, 2.45) is 0 Å². The highest BCUT2D eigenvalue weighted by atomic mass is 19.2. The van der Waals surface area contributed by atoms with Crippen LogP contribution in [0.5, 0.6) is 0 Å². The van der Waals surface area contributed by atoms with Gasteiger partial charge >= 0.3 is 0 Å². The third-order valence-electron chi connectivity index (χ3n) is 4.75. The first kappa shape index (κ1) is 19.4. The molecule has 1 atom stereocenters. The summed E-state index contributed by atoms with van der Waals surface area (Å²) in [5.74, 6) is -2.25. The minimum atomic E-state index is -1.50. The van der Waals surface area contributed by atoms with Crippen molar-refractivity contribution in [3.63, 3.8) is 0 Å². The van der Waals surface area contributed by atoms with Crippen LogP contribution in [0.4, 0.5) is 8.78 Å². The van der Waals surface area contributed by atoms with Crippen LogP contribution in [-0.4, -0.2) is 51.5 Å². The summed E-state index contributed by atoms with van der Waals surface area (Å²) >= 11 is 0. The van der Waals surface area contributed by atoms with E-state index in [1.807, 2.05) is 30.1 Å². The van der Waals surface area contributed by atoms with Crippen LogP contribution < -0.4 is 0 Å². The number of likely N-dealkylation sites (tertiary alicyclic amines) is 1. The standard InChI is InChI=1S/C20H23F2N3O2/c1-24(13-16-5-2-3-9-23-16)14-20(27)8-4-10-25(19(20)26)12-15-6-7-17(21)18(22)11-15/h2-3,5-7,9,11,27H,4,8,10,12-14H2,1H3. The summed E-state index contributed by atoms with van der Waals surface area (Å²) in [5, 5.41) is 10.9. The highest BCUT2D eigenvalue weighted by molar-refractivity contribution is 5.86. The molecule has 0 aliphatic carbocycles. The van der Waals surface area contributed by atoms with Gasteiger partial charge in [0.05, 0.1) is 5.69 Å². The van der Waals surface area contributed by atoms with Crippen molar-refractivity contribution in [3.05, 3.63) is 65.5 Å². The van der Waals surface area contributed by atoms with E-state index in [1.165, 1.54) is 11.0 Å². The average Bonchev–Trinajstić information content (AvgIpc) is 2.63. The Hall–Kier alpha value is -2.38. The molecule has 1 N–H and O–H groups in total. The van der Waals surface area contributed by atoms with Gasteiger partial charge in [-0.1, -0.05) is 12.1 Å². The van der Waals surface area contributed by atoms with E-state index in [9.17, 15) is 18.7 Å². The molecule has 0 bridgehead atoms. The number of aliphatic hydroxyl groups is 1. The molecule has 144 valence electrons. The number of piperidine rings is 1. The Morgan fingerprint density at radius 2 is 2.07 bits per heavy atom. The Morgan fingerprint density at radius 3 is 2.78 bits per heavy atom. The molecule has 5 nitrogen and oxygen atoms in total. The number of hydrogen-bond donors (Lipinski definition) is 1. The predicted octanol–water partition coefficient (Wildman–Crippen LogP) is 2.35. The number of carbonyl (C=O) groups is 1.